The summed E-state index contributed by atoms with van der Waals surface area (Å²) in [4.78, 5) is 12.3. The van der Waals surface area contributed by atoms with Gasteiger partial charge in [-0.25, -0.2) is 0 Å². The molecule has 20 heavy (non-hydrogen) atoms. The predicted molar refractivity (Wildman–Crippen MR) is 75.3 cm³/mol. The molecular formula is C16H21NO3. The van der Waals surface area contributed by atoms with Crippen molar-refractivity contribution < 1.29 is 15.0 Å². The fourth-order valence-corrected chi connectivity index (χ4v) is 3.63. The molecule has 1 aromatic rings. The zero-order chi connectivity index (χ0) is 14.2. The van der Waals surface area contributed by atoms with E-state index in [4.69, 9.17) is 10.2 Å². The summed E-state index contributed by atoms with van der Waals surface area (Å²) >= 11 is 0. The number of fused-ring (bicyclic) bond motifs is 2. The van der Waals surface area contributed by atoms with E-state index in [0.717, 1.165) is 25.7 Å². The summed E-state index contributed by atoms with van der Waals surface area (Å²) in [5.41, 5.74) is 2.71. The maximum Gasteiger partial charge on any atom is 0.224 e. The largest absolute Gasteiger partial charge is 0.394 e. The number of aryl methyl sites for hydroxylation is 1. The maximum absolute atomic E-state index is 12.3. The van der Waals surface area contributed by atoms with Gasteiger partial charge in [-0.15, -0.1) is 0 Å². The van der Waals surface area contributed by atoms with Crippen molar-refractivity contribution in [1.82, 2.24) is 5.32 Å². The first-order valence-electron chi connectivity index (χ1n) is 7.32. The molecule has 2 aliphatic carbocycles. The van der Waals surface area contributed by atoms with Gasteiger partial charge in [-0.2, -0.15) is 0 Å². The number of hydrogen-bond acceptors (Lipinski definition) is 3. The standard InChI is InChI=1S/C16H21NO3/c18-9-12(10-19)17-15(20)14-8-16(14)7-3-5-11-4-1-2-6-13(11)16/h1-2,4,6,12,14,18-19H,3,5,7-10H2,(H,17,20)/t14-,16-/m1/s1. The first kappa shape index (κ1) is 13.6. The first-order chi connectivity index (χ1) is 9.71. The number of carbonyl (C=O) groups excluding carboxylic acids is 1. The SMILES string of the molecule is O=C(NC(CO)CO)[C@H]1C[C@@]12CCCc1ccccc12. The molecule has 1 fully saturated rings. The zero-order valence-electron chi connectivity index (χ0n) is 11.5. The first-order valence-corrected chi connectivity index (χ1v) is 7.32. The maximum atomic E-state index is 12.3. The van der Waals surface area contributed by atoms with Gasteiger partial charge < -0.3 is 15.5 Å². The Hall–Kier alpha value is -1.39. The Morgan fingerprint density at radius 3 is 2.85 bits per heavy atom. The van der Waals surface area contributed by atoms with Gasteiger partial charge in [-0.3, -0.25) is 4.79 Å². The van der Waals surface area contributed by atoms with E-state index in [2.05, 4.69) is 23.5 Å². The number of nitrogens with one attached hydrogen (secondary N) is 1. The summed E-state index contributed by atoms with van der Waals surface area (Å²) in [7, 11) is 0. The summed E-state index contributed by atoms with van der Waals surface area (Å²) in [6, 6.07) is 7.87. The Bertz CT molecular complexity index is 512. The van der Waals surface area contributed by atoms with Crippen LogP contribution in [0.25, 0.3) is 0 Å². The average molecular weight is 275 g/mol. The minimum atomic E-state index is -0.543. The Morgan fingerprint density at radius 1 is 1.35 bits per heavy atom. The molecule has 0 aromatic heterocycles. The van der Waals surface area contributed by atoms with Crippen LogP contribution in [0.15, 0.2) is 24.3 Å². The minimum Gasteiger partial charge on any atom is -0.394 e. The van der Waals surface area contributed by atoms with Gasteiger partial charge in [0.15, 0.2) is 0 Å². The third-order valence-electron chi connectivity index (χ3n) is 4.80. The Balaban J connectivity index is 1.76. The van der Waals surface area contributed by atoms with Crippen LogP contribution in [0.3, 0.4) is 0 Å². The lowest BCUT2D eigenvalue weighted by atomic mass is 9.78. The van der Waals surface area contributed by atoms with E-state index in [0.29, 0.717) is 0 Å². The van der Waals surface area contributed by atoms with Crippen LogP contribution in [0.4, 0.5) is 0 Å². The fraction of sp³-hybridized carbons (Fsp3) is 0.562. The van der Waals surface area contributed by atoms with Crippen LogP contribution >= 0.6 is 0 Å². The van der Waals surface area contributed by atoms with Crippen molar-refractivity contribution in [2.24, 2.45) is 5.92 Å². The number of amides is 1. The molecule has 1 spiro atoms. The van der Waals surface area contributed by atoms with Gasteiger partial charge in [-0.05, 0) is 36.8 Å². The number of aliphatic hydroxyl groups excluding tert-OH is 2. The smallest absolute Gasteiger partial charge is 0.224 e. The van der Waals surface area contributed by atoms with Crippen LogP contribution < -0.4 is 5.32 Å². The lowest BCUT2D eigenvalue weighted by Gasteiger charge is -2.26. The van der Waals surface area contributed by atoms with Crippen molar-refractivity contribution in [3.63, 3.8) is 0 Å². The molecule has 0 heterocycles. The van der Waals surface area contributed by atoms with Gasteiger partial charge in [0.05, 0.1) is 19.3 Å². The average Bonchev–Trinajstić information content (AvgIpc) is 3.20. The molecule has 4 nitrogen and oxygen atoms in total. The molecule has 1 saturated carbocycles. The van der Waals surface area contributed by atoms with Crippen molar-refractivity contribution in [3.05, 3.63) is 35.4 Å². The van der Waals surface area contributed by atoms with Crippen LogP contribution in [0.1, 0.15) is 30.4 Å². The van der Waals surface area contributed by atoms with Crippen LogP contribution in [0.2, 0.25) is 0 Å². The molecule has 0 bridgehead atoms. The molecule has 3 rings (SSSR count). The quantitative estimate of drug-likeness (QED) is 0.759. The molecule has 0 aliphatic heterocycles. The van der Waals surface area contributed by atoms with E-state index in [-0.39, 0.29) is 30.5 Å². The number of aliphatic hydroxyl groups is 2. The van der Waals surface area contributed by atoms with Crippen molar-refractivity contribution in [2.45, 2.75) is 37.1 Å². The lowest BCUT2D eigenvalue weighted by Crippen LogP contribution is -2.42. The van der Waals surface area contributed by atoms with Crippen LogP contribution in [0.5, 0.6) is 0 Å². The molecule has 0 saturated heterocycles. The summed E-state index contributed by atoms with van der Waals surface area (Å²) in [6.07, 6.45) is 4.18. The molecule has 1 aromatic carbocycles. The van der Waals surface area contributed by atoms with E-state index in [1.165, 1.54) is 11.1 Å². The minimum absolute atomic E-state index is 0.00832. The predicted octanol–water partition coefficient (Wildman–Crippen LogP) is 0.750. The number of rotatable bonds is 4. The Morgan fingerprint density at radius 2 is 2.10 bits per heavy atom. The van der Waals surface area contributed by atoms with Gasteiger partial charge >= 0.3 is 0 Å². The second-order valence-electron chi connectivity index (χ2n) is 5.99. The topological polar surface area (TPSA) is 69.6 Å². The summed E-state index contributed by atoms with van der Waals surface area (Å²) in [5, 5.41) is 20.9. The third kappa shape index (κ3) is 2.13. The summed E-state index contributed by atoms with van der Waals surface area (Å²) in [5.74, 6) is -0.0423. The second-order valence-corrected chi connectivity index (χ2v) is 5.99. The molecule has 0 unspecified atom stereocenters. The molecule has 4 heteroatoms. The van der Waals surface area contributed by atoms with Crippen molar-refractivity contribution in [1.29, 1.82) is 0 Å². The number of hydrogen-bond donors (Lipinski definition) is 3. The van der Waals surface area contributed by atoms with Crippen LogP contribution in [0, 0.1) is 5.92 Å². The second kappa shape index (κ2) is 5.19. The number of benzene rings is 1. The zero-order valence-corrected chi connectivity index (χ0v) is 11.5. The van der Waals surface area contributed by atoms with Crippen molar-refractivity contribution in [2.75, 3.05) is 13.2 Å². The van der Waals surface area contributed by atoms with E-state index in [1.54, 1.807) is 0 Å². The van der Waals surface area contributed by atoms with Crippen molar-refractivity contribution >= 4 is 5.91 Å². The summed E-state index contributed by atoms with van der Waals surface area (Å²) < 4.78 is 0. The van der Waals surface area contributed by atoms with Crippen molar-refractivity contribution in [3.8, 4) is 0 Å². The van der Waals surface area contributed by atoms with E-state index >= 15 is 0 Å². The van der Waals surface area contributed by atoms with E-state index in [1.807, 2.05) is 6.07 Å². The Kier molecular flexibility index (Phi) is 3.52. The third-order valence-corrected chi connectivity index (χ3v) is 4.80. The van der Waals surface area contributed by atoms with Gasteiger partial charge in [0.1, 0.15) is 0 Å². The van der Waals surface area contributed by atoms with Gasteiger partial charge in [0.25, 0.3) is 0 Å². The van der Waals surface area contributed by atoms with Gasteiger partial charge in [0, 0.05) is 11.3 Å². The normalized spacial score (nSPS) is 27.4. The number of carbonyl (C=O) groups is 1. The molecule has 0 radical (unpaired) electrons. The highest BCUT2D eigenvalue weighted by Crippen LogP contribution is 2.60. The molecule has 1 amide bonds. The van der Waals surface area contributed by atoms with Crippen LogP contribution in [-0.4, -0.2) is 35.4 Å². The van der Waals surface area contributed by atoms with E-state index < -0.39 is 6.04 Å². The summed E-state index contributed by atoms with van der Waals surface area (Å²) in [6.45, 7) is -0.447. The van der Waals surface area contributed by atoms with Gasteiger partial charge in [0.2, 0.25) is 5.91 Å². The molecule has 3 N–H and O–H groups in total. The Labute approximate surface area is 118 Å². The highest BCUT2D eigenvalue weighted by Gasteiger charge is 2.60. The molecule has 108 valence electrons. The lowest BCUT2D eigenvalue weighted by molar-refractivity contribution is -0.124. The van der Waals surface area contributed by atoms with Gasteiger partial charge in [-0.1, -0.05) is 24.3 Å². The fourth-order valence-electron chi connectivity index (χ4n) is 3.63. The monoisotopic (exact) mass is 275 g/mol. The molecule has 2 aliphatic rings. The van der Waals surface area contributed by atoms with Crippen LogP contribution in [-0.2, 0) is 16.6 Å². The highest BCUT2D eigenvalue weighted by atomic mass is 16.3. The molecule has 2 atom stereocenters. The van der Waals surface area contributed by atoms with E-state index in [9.17, 15) is 4.79 Å². The molecular weight excluding hydrogens is 254 g/mol. The highest BCUT2D eigenvalue weighted by molar-refractivity contribution is 5.85.